The molecular formula is C13H12F3NOS. The second-order valence-electron chi connectivity index (χ2n) is 4.21. The molecule has 2 unspecified atom stereocenters. The van der Waals surface area contributed by atoms with Crippen molar-refractivity contribution in [3.63, 3.8) is 0 Å². The summed E-state index contributed by atoms with van der Waals surface area (Å²) in [5.41, 5.74) is 0.872. The number of thiazole rings is 1. The summed E-state index contributed by atoms with van der Waals surface area (Å²) < 4.78 is 37.4. The summed E-state index contributed by atoms with van der Waals surface area (Å²) >= 11 is 0.485. The van der Waals surface area contributed by atoms with E-state index in [9.17, 15) is 18.3 Å². The van der Waals surface area contributed by atoms with Gasteiger partial charge in [-0.1, -0.05) is 37.3 Å². The van der Waals surface area contributed by atoms with Gasteiger partial charge in [-0.2, -0.15) is 13.2 Å². The summed E-state index contributed by atoms with van der Waals surface area (Å²) in [4.78, 5) is 3.54. The van der Waals surface area contributed by atoms with Crippen molar-refractivity contribution in [2.75, 3.05) is 0 Å². The molecule has 1 aromatic heterocycles. The summed E-state index contributed by atoms with van der Waals surface area (Å²) in [7, 11) is 0. The van der Waals surface area contributed by atoms with E-state index in [0.717, 1.165) is 11.8 Å². The molecule has 1 N–H and O–H groups in total. The summed E-state index contributed by atoms with van der Waals surface area (Å²) in [5.74, 6) is -0.289. The van der Waals surface area contributed by atoms with Crippen LogP contribution in [0, 0.1) is 0 Å². The Morgan fingerprint density at radius 1 is 1.21 bits per heavy atom. The van der Waals surface area contributed by atoms with E-state index in [1.807, 2.05) is 30.3 Å². The number of halogens is 3. The molecule has 2 nitrogen and oxygen atoms in total. The molecule has 1 aromatic carbocycles. The SMILES string of the molecule is CC(c1ccccc1)C(O)c1cnc(C(F)(F)F)s1. The number of hydrogen-bond donors (Lipinski definition) is 1. The van der Waals surface area contributed by atoms with Gasteiger partial charge < -0.3 is 5.11 Å². The van der Waals surface area contributed by atoms with Gasteiger partial charge in [-0.15, -0.1) is 11.3 Å². The number of rotatable bonds is 3. The second kappa shape index (κ2) is 5.30. The Bertz CT molecular complexity index is 538. The zero-order chi connectivity index (χ0) is 14.0. The number of nitrogens with zero attached hydrogens (tertiary/aromatic N) is 1. The third kappa shape index (κ3) is 3.13. The fourth-order valence-electron chi connectivity index (χ4n) is 1.74. The minimum atomic E-state index is -4.46. The van der Waals surface area contributed by atoms with Crippen LogP contribution in [0.3, 0.4) is 0 Å². The van der Waals surface area contributed by atoms with Crippen molar-refractivity contribution < 1.29 is 18.3 Å². The van der Waals surface area contributed by atoms with E-state index in [4.69, 9.17) is 0 Å². The number of aromatic nitrogens is 1. The Kier molecular flexibility index (Phi) is 3.91. The van der Waals surface area contributed by atoms with Crippen molar-refractivity contribution in [3.05, 3.63) is 52.0 Å². The molecule has 0 saturated carbocycles. The van der Waals surface area contributed by atoms with Gasteiger partial charge in [0.25, 0.3) is 0 Å². The lowest BCUT2D eigenvalue weighted by Crippen LogP contribution is -2.06. The Hall–Kier alpha value is -1.40. The van der Waals surface area contributed by atoms with Crippen molar-refractivity contribution in [1.29, 1.82) is 0 Å². The van der Waals surface area contributed by atoms with E-state index in [2.05, 4.69) is 4.98 Å². The minimum Gasteiger partial charge on any atom is -0.387 e. The van der Waals surface area contributed by atoms with Gasteiger partial charge in [0.15, 0.2) is 5.01 Å². The van der Waals surface area contributed by atoms with E-state index < -0.39 is 17.3 Å². The monoisotopic (exact) mass is 287 g/mol. The maximum Gasteiger partial charge on any atom is 0.443 e. The highest BCUT2D eigenvalue weighted by atomic mass is 32.1. The van der Waals surface area contributed by atoms with E-state index in [1.54, 1.807) is 6.92 Å². The zero-order valence-electron chi connectivity index (χ0n) is 10.1. The van der Waals surface area contributed by atoms with Gasteiger partial charge in [0.2, 0.25) is 0 Å². The maximum atomic E-state index is 12.5. The van der Waals surface area contributed by atoms with Crippen LogP contribution in [-0.4, -0.2) is 10.1 Å². The van der Waals surface area contributed by atoms with Crippen molar-refractivity contribution >= 4 is 11.3 Å². The van der Waals surface area contributed by atoms with Gasteiger partial charge in [0, 0.05) is 12.1 Å². The third-order valence-corrected chi connectivity index (χ3v) is 3.97. The van der Waals surface area contributed by atoms with Crippen molar-refractivity contribution in [1.82, 2.24) is 4.98 Å². The average molecular weight is 287 g/mol. The first-order chi connectivity index (χ1) is 8.89. The summed E-state index contributed by atoms with van der Waals surface area (Å²) in [5, 5.41) is 9.20. The van der Waals surface area contributed by atoms with Gasteiger partial charge in [-0.3, -0.25) is 0 Å². The quantitative estimate of drug-likeness (QED) is 0.925. The Morgan fingerprint density at radius 2 is 1.84 bits per heavy atom. The van der Waals surface area contributed by atoms with Gasteiger partial charge >= 0.3 is 6.18 Å². The van der Waals surface area contributed by atoms with Crippen LogP contribution in [0.15, 0.2) is 36.5 Å². The molecule has 0 bridgehead atoms. The van der Waals surface area contributed by atoms with Crippen molar-refractivity contribution in [2.45, 2.75) is 25.1 Å². The molecule has 2 rings (SSSR count). The normalized spacial score (nSPS) is 15.2. The first kappa shape index (κ1) is 14.0. The maximum absolute atomic E-state index is 12.5. The standard InChI is InChI=1S/C13H12F3NOS/c1-8(9-5-3-2-4-6-9)11(18)10-7-17-12(19-10)13(14,15)16/h2-8,11,18H,1H3. The van der Waals surface area contributed by atoms with E-state index in [1.165, 1.54) is 0 Å². The molecule has 0 spiro atoms. The summed E-state index contributed by atoms with van der Waals surface area (Å²) in [6, 6.07) is 9.16. The predicted octanol–water partition coefficient (Wildman–Crippen LogP) is 4.00. The number of aliphatic hydroxyl groups is 1. The summed E-state index contributed by atoms with van der Waals surface area (Å²) in [6.07, 6.45) is -4.35. The van der Waals surface area contributed by atoms with Gasteiger partial charge in [-0.05, 0) is 5.56 Å². The van der Waals surface area contributed by atoms with Crippen LogP contribution in [0.4, 0.5) is 13.2 Å². The number of benzene rings is 1. The smallest absolute Gasteiger partial charge is 0.387 e. The number of alkyl halides is 3. The number of aliphatic hydroxyl groups excluding tert-OH is 1. The van der Waals surface area contributed by atoms with E-state index in [0.29, 0.717) is 11.3 Å². The largest absolute Gasteiger partial charge is 0.443 e. The first-order valence-electron chi connectivity index (χ1n) is 5.65. The topological polar surface area (TPSA) is 33.1 Å². The fourth-order valence-corrected chi connectivity index (χ4v) is 2.61. The first-order valence-corrected chi connectivity index (χ1v) is 6.47. The molecule has 0 amide bonds. The van der Waals surface area contributed by atoms with E-state index >= 15 is 0 Å². The molecule has 1 heterocycles. The Balaban J connectivity index is 2.20. The lowest BCUT2D eigenvalue weighted by Gasteiger charge is -2.17. The van der Waals surface area contributed by atoms with Gasteiger partial charge in [0.05, 0.1) is 11.0 Å². The molecule has 2 aromatic rings. The highest BCUT2D eigenvalue weighted by molar-refractivity contribution is 7.11. The van der Waals surface area contributed by atoms with Crippen LogP contribution in [0.1, 0.15) is 34.4 Å². The molecule has 0 fully saturated rings. The molecule has 2 atom stereocenters. The molecule has 0 aliphatic rings. The lowest BCUT2D eigenvalue weighted by atomic mass is 9.95. The second-order valence-corrected chi connectivity index (χ2v) is 5.27. The number of hydrogen-bond acceptors (Lipinski definition) is 3. The summed E-state index contributed by atoms with van der Waals surface area (Å²) in [6.45, 7) is 1.77. The highest BCUT2D eigenvalue weighted by Gasteiger charge is 2.35. The minimum absolute atomic E-state index is 0.226. The van der Waals surface area contributed by atoms with Crippen LogP contribution in [0.2, 0.25) is 0 Å². The average Bonchev–Trinajstić information content (AvgIpc) is 2.87. The Morgan fingerprint density at radius 3 is 2.37 bits per heavy atom. The molecule has 0 radical (unpaired) electrons. The van der Waals surface area contributed by atoms with Gasteiger partial charge in [-0.25, -0.2) is 4.98 Å². The molecule has 102 valence electrons. The van der Waals surface area contributed by atoms with Crippen LogP contribution >= 0.6 is 11.3 Å². The third-order valence-electron chi connectivity index (χ3n) is 2.86. The van der Waals surface area contributed by atoms with E-state index in [-0.39, 0.29) is 10.8 Å². The Labute approximate surface area is 112 Å². The molecule has 0 aliphatic carbocycles. The van der Waals surface area contributed by atoms with Crippen molar-refractivity contribution in [3.8, 4) is 0 Å². The van der Waals surface area contributed by atoms with Crippen LogP contribution in [-0.2, 0) is 6.18 Å². The lowest BCUT2D eigenvalue weighted by molar-refractivity contribution is -0.137. The van der Waals surface area contributed by atoms with Gasteiger partial charge in [0.1, 0.15) is 0 Å². The molecular weight excluding hydrogens is 275 g/mol. The van der Waals surface area contributed by atoms with Crippen LogP contribution in [0.25, 0.3) is 0 Å². The van der Waals surface area contributed by atoms with Crippen LogP contribution < -0.4 is 0 Å². The zero-order valence-corrected chi connectivity index (χ0v) is 10.9. The fraction of sp³-hybridized carbons (Fsp3) is 0.308. The highest BCUT2D eigenvalue weighted by Crippen LogP contribution is 2.38. The molecule has 0 aliphatic heterocycles. The molecule has 0 saturated heterocycles. The molecule has 6 heteroatoms. The van der Waals surface area contributed by atoms with Crippen LogP contribution in [0.5, 0.6) is 0 Å². The molecule has 19 heavy (non-hydrogen) atoms. The predicted molar refractivity (Wildman–Crippen MR) is 66.9 cm³/mol. The van der Waals surface area contributed by atoms with Crippen molar-refractivity contribution in [2.24, 2.45) is 0 Å².